The quantitative estimate of drug-likeness (QED) is 0.163. The molecule has 10 aromatic rings. The Kier molecular flexibility index (Phi) is 8.15. The third-order valence-corrected chi connectivity index (χ3v) is 16.7. The molecule has 0 unspecified atom stereocenters. The SMILES string of the molecule is Cc1cc2c3c(c1)N(c1ccccc1)c1c(sc4cc5c(cc14)-c1ccc(C(C)C)cc1C51c4ccccc4-c4ccccc41)B3c1ccc(-c3c(C)cccc3C)cc1N2c1ccccc1. The molecule has 2 aliphatic heterocycles. The van der Waals surface area contributed by atoms with E-state index in [9.17, 15) is 0 Å². The molecule has 0 radical (unpaired) electrons. The molecule has 4 heteroatoms. The molecule has 67 heavy (non-hydrogen) atoms. The van der Waals surface area contributed by atoms with E-state index in [1.807, 2.05) is 11.3 Å². The minimum Gasteiger partial charge on any atom is -0.311 e. The predicted octanol–water partition coefficient (Wildman–Crippen LogP) is 15.0. The van der Waals surface area contributed by atoms with Gasteiger partial charge in [-0.2, -0.15) is 0 Å². The van der Waals surface area contributed by atoms with E-state index in [0.29, 0.717) is 5.92 Å². The summed E-state index contributed by atoms with van der Waals surface area (Å²) in [5.74, 6) is 0.411. The summed E-state index contributed by atoms with van der Waals surface area (Å²) in [7, 11) is 0. The molecule has 0 saturated heterocycles. The first-order valence-electron chi connectivity index (χ1n) is 23.8. The van der Waals surface area contributed by atoms with E-state index >= 15 is 0 Å². The second kappa shape index (κ2) is 14.1. The van der Waals surface area contributed by atoms with E-state index in [-0.39, 0.29) is 6.71 Å². The fourth-order valence-electron chi connectivity index (χ4n) is 12.7. The van der Waals surface area contributed by atoms with Crippen molar-refractivity contribution in [2.45, 2.75) is 46.0 Å². The first kappa shape index (κ1) is 38.8. The van der Waals surface area contributed by atoms with Gasteiger partial charge in [0.05, 0.1) is 11.1 Å². The van der Waals surface area contributed by atoms with Crippen LogP contribution in [-0.4, -0.2) is 6.71 Å². The molecule has 0 atom stereocenters. The molecule has 4 aliphatic rings. The zero-order chi connectivity index (χ0) is 44.9. The number of hydrogen-bond donors (Lipinski definition) is 0. The number of benzene rings is 9. The summed E-state index contributed by atoms with van der Waals surface area (Å²) >= 11 is 2.00. The Morgan fingerprint density at radius 3 is 1.76 bits per heavy atom. The molecule has 0 amide bonds. The summed E-state index contributed by atoms with van der Waals surface area (Å²) in [5, 5.41) is 1.31. The molecule has 1 spiro atoms. The van der Waals surface area contributed by atoms with Gasteiger partial charge in [0.25, 0.3) is 6.71 Å². The van der Waals surface area contributed by atoms with E-state index < -0.39 is 5.41 Å². The maximum absolute atomic E-state index is 2.62. The standard InChI is InChI=1S/C63H47BN2S/c1-37(2)41-27-29-47-48-35-49-58(36-53(48)63(52(47)33-41)50-25-14-12-23-45(50)46-24-13-15-26-51(46)63)67-62-61(49)66(44-21-10-7-11-22-44)57-32-38(3)31-56-60(57)64(62)54-30-28-42(59-39(4)17-16-18-40(59)5)34-55(54)65(56)43-19-8-6-9-20-43/h6-37H,1-5H3. The van der Waals surface area contributed by atoms with Crippen LogP contribution >= 0.6 is 11.3 Å². The lowest BCUT2D eigenvalue weighted by atomic mass is 9.36. The van der Waals surface area contributed by atoms with Crippen molar-refractivity contribution in [3.8, 4) is 33.4 Å². The summed E-state index contributed by atoms with van der Waals surface area (Å²) in [6.07, 6.45) is 0. The van der Waals surface area contributed by atoms with Crippen molar-refractivity contribution in [3.63, 3.8) is 0 Å². The van der Waals surface area contributed by atoms with E-state index in [4.69, 9.17) is 0 Å². The summed E-state index contributed by atoms with van der Waals surface area (Å²) in [5.41, 5.74) is 28.4. The first-order valence-corrected chi connectivity index (χ1v) is 24.6. The molecule has 0 fully saturated rings. The van der Waals surface area contributed by atoms with Crippen LogP contribution in [0.4, 0.5) is 34.1 Å². The molecule has 2 nitrogen and oxygen atoms in total. The van der Waals surface area contributed by atoms with Gasteiger partial charge in [-0.25, -0.2) is 0 Å². The van der Waals surface area contributed by atoms with Gasteiger partial charge in [0.2, 0.25) is 0 Å². The Labute approximate surface area is 397 Å². The van der Waals surface area contributed by atoms with Crippen molar-refractivity contribution >= 4 is 78.0 Å². The van der Waals surface area contributed by atoms with Crippen LogP contribution in [0, 0.1) is 20.8 Å². The van der Waals surface area contributed by atoms with Gasteiger partial charge in [-0.1, -0.05) is 147 Å². The fourth-order valence-corrected chi connectivity index (χ4v) is 14.1. The van der Waals surface area contributed by atoms with Gasteiger partial charge < -0.3 is 9.80 Å². The Morgan fingerprint density at radius 1 is 0.493 bits per heavy atom. The van der Waals surface area contributed by atoms with Crippen LogP contribution in [0.1, 0.15) is 64.3 Å². The van der Waals surface area contributed by atoms with Crippen LogP contribution < -0.4 is 25.5 Å². The van der Waals surface area contributed by atoms with Crippen molar-refractivity contribution in [1.29, 1.82) is 0 Å². The molecular formula is C63H47BN2S. The normalized spacial score (nSPS) is 14.2. The molecule has 9 aromatic carbocycles. The average Bonchev–Trinajstić information content (AvgIpc) is 3.97. The van der Waals surface area contributed by atoms with E-state index in [1.54, 1.807) is 0 Å². The Bertz CT molecular complexity index is 3670. The molecule has 14 rings (SSSR count). The third kappa shape index (κ3) is 5.17. The van der Waals surface area contributed by atoms with Gasteiger partial charge >= 0.3 is 0 Å². The van der Waals surface area contributed by atoms with Crippen molar-refractivity contribution < 1.29 is 0 Å². The second-order valence-corrected chi connectivity index (χ2v) is 20.6. The first-order chi connectivity index (χ1) is 32.8. The molecule has 2 aliphatic carbocycles. The molecule has 1 aromatic heterocycles. The molecule has 0 saturated carbocycles. The van der Waals surface area contributed by atoms with Crippen molar-refractivity contribution in [3.05, 3.63) is 233 Å². The largest absolute Gasteiger partial charge is 0.311 e. The minimum absolute atomic E-state index is 0.0255. The molecule has 0 N–H and O–H groups in total. The van der Waals surface area contributed by atoms with Crippen LogP contribution in [0.2, 0.25) is 0 Å². The zero-order valence-corrected chi connectivity index (χ0v) is 39.2. The van der Waals surface area contributed by atoms with E-state index in [2.05, 4.69) is 232 Å². The van der Waals surface area contributed by atoms with Gasteiger partial charge in [0.15, 0.2) is 0 Å². The van der Waals surface area contributed by atoms with Gasteiger partial charge in [-0.3, -0.25) is 0 Å². The van der Waals surface area contributed by atoms with Crippen molar-refractivity contribution in [2.24, 2.45) is 0 Å². The van der Waals surface area contributed by atoms with Crippen LogP contribution in [0.5, 0.6) is 0 Å². The number of aryl methyl sites for hydroxylation is 3. The number of hydrogen-bond acceptors (Lipinski definition) is 3. The number of fused-ring (bicyclic) bond motifs is 16. The van der Waals surface area contributed by atoms with Crippen molar-refractivity contribution in [1.82, 2.24) is 0 Å². The van der Waals surface area contributed by atoms with Crippen LogP contribution in [0.15, 0.2) is 188 Å². The highest BCUT2D eigenvalue weighted by molar-refractivity contribution is 7.33. The van der Waals surface area contributed by atoms with Crippen LogP contribution in [0.3, 0.4) is 0 Å². The molecule has 0 bridgehead atoms. The molecular weight excluding hydrogens is 828 g/mol. The molecule has 318 valence electrons. The number of rotatable bonds is 4. The number of thiophene rings is 1. The lowest BCUT2D eigenvalue weighted by Crippen LogP contribution is -2.60. The topological polar surface area (TPSA) is 6.48 Å². The Balaban J connectivity index is 1.10. The third-order valence-electron chi connectivity index (χ3n) is 15.5. The monoisotopic (exact) mass is 874 g/mol. The van der Waals surface area contributed by atoms with Crippen molar-refractivity contribution in [2.75, 3.05) is 9.80 Å². The van der Waals surface area contributed by atoms with Gasteiger partial charge in [0.1, 0.15) is 0 Å². The van der Waals surface area contributed by atoms with E-state index in [0.717, 1.165) is 0 Å². The second-order valence-electron chi connectivity index (χ2n) is 19.5. The number of para-hydroxylation sites is 2. The lowest BCUT2D eigenvalue weighted by molar-refractivity contribution is 0.785. The number of nitrogens with zero attached hydrogens (tertiary/aromatic N) is 2. The minimum atomic E-state index is -0.425. The summed E-state index contributed by atoms with van der Waals surface area (Å²) < 4.78 is 2.72. The maximum atomic E-state index is 2.62. The lowest BCUT2D eigenvalue weighted by Gasteiger charge is -2.43. The van der Waals surface area contributed by atoms with Crippen LogP contribution in [0.25, 0.3) is 43.5 Å². The highest BCUT2D eigenvalue weighted by atomic mass is 32.1. The Hall–Kier alpha value is -7.40. The summed E-state index contributed by atoms with van der Waals surface area (Å²) in [6, 6.07) is 72.0. The summed E-state index contributed by atoms with van der Waals surface area (Å²) in [4.78, 5) is 5.15. The van der Waals surface area contributed by atoms with Gasteiger partial charge in [-0.05, 0) is 170 Å². The number of anilines is 6. The predicted molar refractivity (Wildman–Crippen MR) is 286 cm³/mol. The zero-order valence-electron chi connectivity index (χ0n) is 38.4. The Morgan fingerprint density at radius 2 is 1.09 bits per heavy atom. The summed E-state index contributed by atoms with van der Waals surface area (Å²) in [6.45, 7) is 11.4. The highest BCUT2D eigenvalue weighted by Gasteiger charge is 2.53. The maximum Gasteiger partial charge on any atom is 0.264 e. The average molecular weight is 875 g/mol. The highest BCUT2D eigenvalue weighted by Crippen LogP contribution is 2.64. The van der Waals surface area contributed by atoms with Crippen LogP contribution in [-0.2, 0) is 5.41 Å². The fraction of sp³-hybridized carbons (Fsp3) is 0.111. The van der Waals surface area contributed by atoms with Gasteiger partial charge in [0, 0.05) is 43.3 Å². The van der Waals surface area contributed by atoms with E-state index in [1.165, 1.54) is 138 Å². The smallest absolute Gasteiger partial charge is 0.264 e. The molecule has 3 heterocycles. The van der Waals surface area contributed by atoms with Gasteiger partial charge in [-0.15, -0.1) is 11.3 Å².